The highest BCUT2D eigenvalue weighted by Gasteiger charge is 2.60. The Labute approximate surface area is 186 Å². The molecule has 2 nitrogen and oxygen atoms in total. The average Bonchev–Trinajstić information content (AvgIpc) is 2.63. The Balaban J connectivity index is 0.000000128. The van der Waals surface area contributed by atoms with E-state index >= 15 is 0 Å². The molecule has 2 heteroatoms. The summed E-state index contributed by atoms with van der Waals surface area (Å²) in [5.41, 5.74) is 15.7. The van der Waals surface area contributed by atoms with E-state index in [0.29, 0.717) is 16.2 Å². The monoisotopic (exact) mass is 414 g/mol. The van der Waals surface area contributed by atoms with Gasteiger partial charge in [0.25, 0.3) is 0 Å². The molecule has 0 aromatic rings. The lowest BCUT2D eigenvalue weighted by molar-refractivity contribution is -0.124. The van der Waals surface area contributed by atoms with Gasteiger partial charge in [-0.3, -0.25) is 0 Å². The van der Waals surface area contributed by atoms with Crippen LogP contribution in [-0.2, 0) is 0 Å². The van der Waals surface area contributed by atoms with E-state index in [1.165, 1.54) is 109 Å². The van der Waals surface area contributed by atoms with Crippen molar-refractivity contribution in [3.8, 4) is 0 Å². The van der Waals surface area contributed by atoms with Gasteiger partial charge in [0.15, 0.2) is 0 Å². The molecule has 0 aromatic heterocycles. The first-order valence-electron chi connectivity index (χ1n) is 13.7. The molecule has 8 saturated carbocycles. The van der Waals surface area contributed by atoms with Gasteiger partial charge in [-0.1, -0.05) is 46.5 Å². The first-order chi connectivity index (χ1) is 14.2. The topological polar surface area (TPSA) is 52.0 Å². The lowest BCUT2D eigenvalue weighted by Crippen LogP contribution is -2.63. The third-order valence-corrected chi connectivity index (χ3v) is 11.1. The van der Waals surface area contributed by atoms with Crippen molar-refractivity contribution in [3.05, 3.63) is 0 Å². The smallest absolute Gasteiger partial charge is 0.0167 e. The van der Waals surface area contributed by atoms with Gasteiger partial charge >= 0.3 is 0 Å². The molecule has 0 aliphatic heterocycles. The SMILES string of the molecule is CCC12CC3CC(N)(C1)CC(CC)(C3)C2.CCCCC12CC3CC(CC(N)(C3)C1)C2. The summed E-state index contributed by atoms with van der Waals surface area (Å²) < 4.78 is 0. The van der Waals surface area contributed by atoms with Gasteiger partial charge in [0.2, 0.25) is 0 Å². The Kier molecular flexibility index (Phi) is 5.23. The van der Waals surface area contributed by atoms with Gasteiger partial charge in [-0.15, -0.1) is 0 Å². The largest absolute Gasteiger partial charge is 0.325 e. The van der Waals surface area contributed by atoms with E-state index < -0.39 is 0 Å². The standard InChI is InChI=1S/2C14H25N/c1-3-12-5-11-6-13(4-2,8-12)10-14(15,7-11)9-12;1-2-3-4-13-6-11-5-12(7-13)9-14(15,8-11)10-13/h11H,3-10,15H2,1-2H3;11-12H,2-10,15H2,1H3. The summed E-state index contributed by atoms with van der Waals surface area (Å²) in [6, 6.07) is 0. The highest BCUT2D eigenvalue weighted by Crippen LogP contribution is 2.68. The summed E-state index contributed by atoms with van der Waals surface area (Å²) in [7, 11) is 0. The first kappa shape index (κ1) is 21.7. The van der Waals surface area contributed by atoms with Gasteiger partial charge in [0.05, 0.1) is 0 Å². The summed E-state index contributed by atoms with van der Waals surface area (Å²) >= 11 is 0. The molecule has 8 rings (SSSR count). The third-order valence-electron chi connectivity index (χ3n) is 11.1. The number of nitrogens with two attached hydrogens (primary N) is 2. The Morgan fingerprint density at radius 1 is 0.600 bits per heavy atom. The molecule has 172 valence electrons. The van der Waals surface area contributed by atoms with Gasteiger partial charge in [-0.2, -0.15) is 0 Å². The highest BCUT2D eigenvalue weighted by molar-refractivity contribution is 5.14. The third kappa shape index (κ3) is 3.70. The van der Waals surface area contributed by atoms with Crippen molar-refractivity contribution in [1.29, 1.82) is 0 Å². The molecule has 0 amide bonds. The summed E-state index contributed by atoms with van der Waals surface area (Å²) in [4.78, 5) is 0. The zero-order valence-electron chi connectivity index (χ0n) is 20.4. The van der Waals surface area contributed by atoms with Gasteiger partial charge in [0.1, 0.15) is 0 Å². The predicted molar refractivity (Wildman–Crippen MR) is 127 cm³/mol. The second-order valence-corrected chi connectivity index (χ2v) is 14.0. The molecule has 8 aliphatic carbocycles. The van der Waals surface area contributed by atoms with Crippen molar-refractivity contribution >= 4 is 0 Å². The number of hydrogen-bond acceptors (Lipinski definition) is 2. The van der Waals surface area contributed by atoms with Crippen LogP contribution >= 0.6 is 0 Å². The van der Waals surface area contributed by atoms with Gasteiger partial charge in [-0.25, -0.2) is 0 Å². The fourth-order valence-corrected chi connectivity index (χ4v) is 11.1. The van der Waals surface area contributed by atoms with Crippen LogP contribution in [0, 0.1) is 34.0 Å². The minimum absolute atomic E-state index is 0.228. The molecule has 8 fully saturated rings. The number of hydrogen-bond donors (Lipinski definition) is 2. The van der Waals surface area contributed by atoms with Gasteiger partial charge in [0, 0.05) is 11.1 Å². The van der Waals surface area contributed by atoms with Crippen LogP contribution in [0.3, 0.4) is 0 Å². The van der Waals surface area contributed by atoms with E-state index in [1.54, 1.807) is 0 Å². The maximum Gasteiger partial charge on any atom is 0.0167 e. The molecule has 0 radical (unpaired) electrons. The van der Waals surface area contributed by atoms with Crippen LogP contribution in [0.4, 0.5) is 0 Å². The van der Waals surface area contributed by atoms with Crippen molar-refractivity contribution in [2.45, 2.75) is 141 Å². The normalized spacial score (nSPS) is 54.9. The fourth-order valence-electron chi connectivity index (χ4n) is 11.1. The fraction of sp³-hybridized carbons (Fsp3) is 1.00. The van der Waals surface area contributed by atoms with E-state index in [9.17, 15) is 0 Å². The molecule has 8 bridgehead atoms. The van der Waals surface area contributed by atoms with Crippen molar-refractivity contribution in [3.63, 3.8) is 0 Å². The maximum absolute atomic E-state index is 6.64. The number of rotatable bonds is 5. The van der Waals surface area contributed by atoms with Crippen LogP contribution in [0.2, 0.25) is 0 Å². The first-order valence-corrected chi connectivity index (χ1v) is 13.7. The second-order valence-electron chi connectivity index (χ2n) is 14.0. The van der Waals surface area contributed by atoms with E-state index in [1.807, 2.05) is 0 Å². The summed E-state index contributed by atoms with van der Waals surface area (Å²) in [6.45, 7) is 7.10. The van der Waals surface area contributed by atoms with E-state index in [0.717, 1.165) is 17.8 Å². The highest BCUT2D eigenvalue weighted by atomic mass is 14.8. The molecule has 30 heavy (non-hydrogen) atoms. The van der Waals surface area contributed by atoms with Gasteiger partial charge in [-0.05, 0) is 117 Å². The molecule has 4 unspecified atom stereocenters. The summed E-state index contributed by atoms with van der Waals surface area (Å²) in [6.07, 6.45) is 24.0. The zero-order chi connectivity index (χ0) is 21.3. The molecular weight excluding hydrogens is 364 g/mol. The van der Waals surface area contributed by atoms with E-state index in [2.05, 4.69) is 20.8 Å². The van der Waals surface area contributed by atoms with Crippen LogP contribution in [0.25, 0.3) is 0 Å². The summed E-state index contributed by atoms with van der Waals surface area (Å²) in [5, 5.41) is 0. The molecule has 0 aromatic carbocycles. The van der Waals surface area contributed by atoms with Crippen LogP contribution in [0.1, 0.15) is 130 Å². The Hall–Kier alpha value is -0.0800. The van der Waals surface area contributed by atoms with E-state index in [4.69, 9.17) is 11.5 Å². The van der Waals surface area contributed by atoms with Gasteiger partial charge < -0.3 is 11.5 Å². The maximum atomic E-state index is 6.64. The quantitative estimate of drug-likeness (QED) is 0.511. The van der Waals surface area contributed by atoms with Crippen LogP contribution in [0.5, 0.6) is 0 Å². The van der Waals surface area contributed by atoms with Crippen molar-refractivity contribution < 1.29 is 0 Å². The van der Waals surface area contributed by atoms with Crippen LogP contribution in [-0.4, -0.2) is 11.1 Å². The molecule has 4 N–H and O–H groups in total. The number of unbranched alkanes of at least 4 members (excludes halogenated alkanes) is 1. The minimum atomic E-state index is 0.228. The lowest BCUT2D eigenvalue weighted by Gasteiger charge is -2.66. The Morgan fingerprint density at radius 3 is 1.57 bits per heavy atom. The predicted octanol–water partition coefficient (Wildman–Crippen LogP) is 6.95. The van der Waals surface area contributed by atoms with Crippen LogP contribution < -0.4 is 11.5 Å². The molecule has 0 saturated heterocycles. The average molecular weight is 415 g/mol. The molecular formula is C28H50N2. The second kappa shape index (κ2) is 7.21. The van der Waals surface area contributed by atoms with Crippen molar-refractivity contribution in [1.82, 2.24) is 0 Å². The van der Waals surface area contributed by atoms with Crippen LogP contribution in [0.15, 0.2) is 0 Å². The van der Waals surface area contributed by atoms with E-state index in [-0.39, 0.29) is 11.1 Å². The Morgan fingerprint density at radius 2 is 1.10 bits per heavy atom. The summed E-state index contributed by atoms with van der Waals surface area (Å²) in [5.74, 6) is 2.95. The zero-order valence-corrected chi connectivity index (χ0v) is 20.4. The molecule has 0 spiro atoms. The Bertz CT molecular complexity index is 615. The molecule has 8 aliphatic rings. The lowest BCUT2D eigenvalue weighted by atomic mass is 9.41. The van der Waals surface area contributed by atoms with Crippen molar-refractivity contribution in [2.75, 3.05) is 0 Å². The minimum Gasteiger partial charge on any atom is -0.325 e. The molecule has 4 atom stereocenters. The molecule has 0 heterocycles. The van der Waals surface area contributed by atoms with Crippen molar-refractivity contribution in [2.24, 2.45) is 45.5 Å².